The number of aryl methyl sites for hydroxylation is 1. The zero-order chi connectivity index (χ0) is 32.3. The van der Waals surface area contributed by atoms with Crippen LogP contribution in [0.15, 0.2) is 85.3 Å². The SMILES string of the molecule is COc1cncc(Nc2cc(COc3ccc(NC(=O)Nc4cc(C(C)(C)C)nn4-c4ccc(C)s4)c4ccccc34)ccn2)n1. The van der Waals surface area contributed by atoms with Crippen molar-refractivity contribution in [2.45, 2.75) is 39.7 Å². The van der Waals surface area contributed by atoms with E-state index in [2.05, 4.69) is 51.7 Å². The zero-order valence-electron chi connectivity index (χ0n) is 26.2. The Morgan fingerprint density at radius 1 is 0.957 bits per heavy atom. The van der Waals surface area contributed by atoms with E-state index in [1.165, 1.54) is 13.3 Å². The number of urea groups is 1. The van der Waals surface area contributed by atoms with Crippen LogP contribution in [0.2, 0.25) is 0 Å². The smallest absolute Gasteiger partial charge is 0.324 e. The highest BCUT2D eigenvalue weighted by atomic mass is 32.1. The van der Waals surface area contributed by atoms with E-state index in [0.29, 0.717) is 41.4 Å². The molecule has 6 aromatic rings. The molecular weight excluding hydrogens is 600 g/mol. The average Bonchev–Trinajstić information content (AvgIpc) is 3.67. The Morgan fingerprint density at radius 2 is 1.78 bits per heavy atom. The van der Waals surface area contributed by atoms with Gasteiger partial charge in [-0.2, -0.15) is 10.1 Å². The van der Waals surface area contributed by atoms with E-state index in [1.54, 1.807) is 28.4 Å². The van der Waals surface area contributed by atoms with E-state index in [1.807, 2.05) is 73.7 Å². The molecule has 4 heterocycles. The van der Waals surface area contributed by atoms with Crippen LogP contribution >= 0.6 is 11.3 Å². The number of benzene rings is 2. The highest BCUT2D eigenvalue weighted by molar-refractivity contribution is 7.14. The lowest BCUT2D eigenvalue weighted by atomic mass is 9.92. The van der Waals surface area contributed by atoms with Gasteiger partial charge in [0.25, 0.3) is 0 Å². The second-order valence-electron chi connectivity index (χ2n) is 11.6. The first kappa shape index (κ1) is 30.5. The fourth-order valence-corrected chi connectivity index (χ4v) is 5.58. The molecule has 0 aliphatic carbocycles. The minimum Gasteiger partial charge on any atom is -0.488 e. The first-order chi connectivity index (χ1) is 22.2. The number of ether oxygens (including phenoxy) is 2. The molecule has 12 heteroatoms. The second kappa shape index (κ2) is 12.9. The summed E-state index contributed by atoms with van der Waals surface area (Å²) < 4.78 is 13.2. The maximum atomic E-state index is 13.3. The number of nitrogens with one attached hydrogen (secondary N) is 3. The lowest BCUT2D eigenvalue weighted by Crippen LogP contribution is -2.21. The summed E-state index contributed by atoms with van der Waals surface area (Å²) in [6.07, 6.45) is 4.83. The van der Waals surface area contributed by atoms with Gasteiger partial charge < -0.3 is 20.1 Å². The standard InChI is InChI=1S/C34H34N8O3S/c1-21-10-13-32(46-21)42-30(17-27(41-42)34(2,3)4)40-33(43)37-25-11-12-26(24-9-7-6-8-23(24)25)45-20-22-14-15-36-28(16-22)38-29-18-35-19-31(39-29)44-5/h6-19H,20H2,1-5H3,(H,36,38,39)(H2,37,40,43). The fourth-order valence-electron chi connectivity index (χ4n) is 4.75. The first-order valence-corrected chi connectivity index (χ1v) is 15.5. The van der Waals surface area contributed by atoms with E-state index in [4.69, 9.17) is 14.6 Å². The second-order valence-corrected chi connectivity index (χ2v) is 12.9. The van der Waals surface area contributed by atoms with Gasteiger partial charge in [-0.25, -0.2) is 14.5 Å². The number of anilines is 4. The lowest BCUT2D eigenvalue weighted by molar-refractivity contribution is 0.262. The van der Waals surface area contributed by atoms with Gasteiger partial charge in [0.2, 0.25) is 5.88 Å². The largest absolute Gasteiger partial charge is 0.488 e. The molecule has 2 aromatic carbocycles. The number of carbonyl (C=O) groups is 1. The molecule has 0 fully saturated rings. The number of nitrogens with zero attached hydrogens (tertiary/aromatic N) is 5. The Bertz CT molecular complexity index is 2010. The number of rotatable bonds is 9. The third-order valence-corrected chi connectivity index (χ3v) is 8.06. The fraction of sp³-hybridized carbons (Fsp3) is 0.206. The Morgan fingerprint density at radius 3 is 2.54 bits per heavy atom. The summed E-state index contributed by atoms with van der Waals surface area (Å²) in [5.74, 6) is 2.81. The van der Waals surface area contributed by atoms with Gasteiger partial charge in [-0.1, -0.05) is 45.0 Å². The van der Waals surface area contributed by atoms with Crippen LogP contribution in [0.4, 0.5) is 27.9 Å². The molecule has 11 nitrogen and oxygen atoms in total. The van der Waals surface area contributed by atoms with E-state index >= 15 is 0 Å². The van der Waals surface area contributed by atoms with Crippen molar-refractivity contribution >= 4 is 51.3 Å². The maximum Gasteiger partial charge on any atom is 0.324 e. The van der Waals surface area contributed by atoms with Gasteiger partial charge in [0.05, 0.1) is 30.9 Å². The Labute approximate surface area is 270 Å². The van der Waals surface area contributed by atoms with E-state index < -0.39 is 0 Å². The molecule has 234 valence electrons. The van der Waals surface area contributed by atoms with Crippen LogP contribution < -0.4 is 25.4 Å². The van der Waals surface area contributed by atoms with Crippen LogP contribution in [-0.4, -0.2) is 37.9 Å². The number of hydrogen-bond donors (Lipinski definition) is 3. The van der Waals surface area contributed by atoms with Crippen molar-refractivity contribution in [1.82, 2.24) is 24.7 Å². The molecule has 0 bridgehead atoms. The van der Waals surface area contributed by atoms with E-state index in [0.717, 1.165) is 31.9 Å². The highest BCUT2D eigenvalue weighted by Crippen LogP contribution is 2.33. The van der Waals surface area contributed by atoms with Gasteiger partial charge in [-0.05, 0) is 48.9 Å². The topological polar surface area (TPSA) is 128 Å². The lowest BCUT2D eigenvalue weighted by Gasteiger charge is -2.14. The molecule has 0 atom stereocenters. The number of amides is 2. The third kappa shape index (κ3) is 6.92. The normalized spacial score (nSPS) is 11.3. The molecule has 0 unspecified atom stereocenters. The number of thiophene rings is 1. The first-order valence-electron chi connectivity index (χ1n) is 14.6. The van der Waals surface area contributed by atoms with Crippen molar-refractivity contribution in [2.24, 2.45) is 0 Å². The molecule has 0 spiro atoms. The van der Waals surface area contributed by atoms with Gasteiger partial charge in [0, 0.05) is 33.3 Å². The highest BCUT2D eigenvalue weighted by Gasteiger charge is 2.22. The van der Waals surface area contributed by atoms with Gasteiger partial charge >= 0.3 is 6.03 Å². The summed E-state index contributed by atoms with van der Waals surface area (Å²) in [4.78, 5) is 27.3. The Balaban J connectivity index is 1.18. The molecule has 46 heavy (non-hydrogen) atoms. The zero-order valence-corrected chi connectivity index (χ0v) is 27.0. The molecule has 0 aliphatic rings. The molecule has 0 aliphatic heterocycles. The monoisotopic (exact) mass is 634 g/mol. The number of aromatic nitrogens is 5. The quantitative estimate of drug-likeness (QED) is 0.147. The number of methoxy groups -OCH3 is 1. The van der Waals surface area contributed by atoms with Gasteiger partial charge in [0.1, 0.15) is 29.0 Å². The molecule has 0 saturated carbocycles. The van der Waals surface area contributed by atoms with Crippen LogP contribution in [0.25, 0.3) is 15.8 Å². The summed E-state index contributed by atoms with van der Waals surface area (Å²) in [7, 11) is 1.54. The Hall–Kier alpha value is -5.49. The molecule has 0 radical (unpaired) electrons. The van der Waals surface area contributed by atoms with Crippen molar-refractivity contribution in [3.05, 3.63) is 101 Å². The van der Waals surface area contributed by atoms with Crippen molar-refractivity contribution in [3.63, 3.8) is 0 Å². The number of fused-ring (bicyclic) bond motifs is 1. The van der Waals surface area contributed by atoms with Gasteiger partial charge in [-0.15, -0.1) is 11.3 Å². The summed E-state index contributed by atoms with van der Waals surface area (Å²) >= 11 is 1.62. The predicted molar refractivity (Wildman–Crippen MR) is 182 cm³/mol. The van der Waals surface area contributed by atoms with Crippen LogP contribution in [0, 0.1) is 6.92 Å². The van der Waals surface area contributed by atoms with Gasteiger partial charge in [-0.3, -0.25) is 10.3 Å². The van der Waals surface area contributed by atoms with Crippen molar-refractivity contribution in [3.8, 4) is 16.6 Å². The van der Waals surface area contributed by atoms with Gasteiger partial charge in [0.15, 0.2) is 5.82 Å². The van der Waals surface area contributed by atoms with E-state index in [-0.39, 0.29) is 11.4 Å². The van der Waals surface area contributed by atoms with E-state index in [9.17, 15) is 4.79 Å². The number of hydrogen-bond acceptors (Lipinski definition) is 9. The van der Waals surface area contributed by atoms with Crippen LogP contribution in [-0.2, 0) is 12.0 Å². The predicted octanol–water partition coefficient (Wildman–Crippen LogP) is 7.85. The molecule has 4 aromatic heterocycles. The van der Waals surface area contributed by atoms with Crippen molar-refractivity contribution in [1.29, 1.82) is 0 Å². The minimum atomic E-state index is -0.369. The van der Waals surface area contributed by atoms with Crippen molar-refractivity contribution in [2.75, 3.05) is 23.1 Å². The molecule has 3 N–H and O–H groups in total. The third-order valence-electron chi connectivity index (χ3n) is 7.08. The average molecular weight is 635 g/mol. The molecular formula is C34H34N8O3S. The summed E-state index contributed by atoms with van der Waals surface area (Å²) in [6, 6.07) is 20.9. The summed E-state index contributed by atoms with van der Waals surface area (Å²) in [6.45, 7) is 8.65. The maximum absolute atomic E-state index is 13.3. The summed E-state index contributed by atoms with van der Waals surface area (Å²) in [5, 5.41) is 16.6. The summed E-state index contributed by atoms with van der Waals surface area (Å²) in [5.41, 5.74) is 2.26. The number of pyridine rings is 1. The molecule has 6 rings (SSSR count). The number of carbonyl (C=O) groups excluding carboxylic acids is 1. The van der Waals surface area contributed by atoms with Crippen LogP contribution in [0.5, 0.6) is 11.6 Å². The van der Waals surface area contributed by atoms with Crippen molar-refractivity contribution < 1.29 is 14.3 Å². The molecule has 0 saturated heterocycles. The Kier molecular flexibility index (Phi) is 8.53. The van der Waals surface area contributed by atoms with Crippen LogP contribution in [0.3, 0.4) is 0 Å². The molecule has 2 amide bonds. The van der Waals surface area contributed by atoms with Crippen LogP contribution in [0.1, 0.15) is 36.9 Å². The minimum absolute atomic E-state index is 0.185.